The Bertz CT molecular complexity index is 777. The van der Waals surface area contributed by atoms with E-state index in [2.05, 4.69) is 72.0 Å². The molecule has 2 aromatic rings. The normalized spacial score (nSPS) is 10.9. The highest BCUT2D eigenvalue weighted by Crippen LogP contribution is 2.23. The van der Waals surface area contributed by atoms with Crippen molar-refractivity contribution < 1.29 is 43.1 Å². The maximum atomic E-state index is 2.37. The molecule has 0 aliphatic heterocycles. The first kappa shape index (κ1) is 44.0. The summed E-state index contributed by atoms with van der Waals surface area (Å²) in [4.78, 5) is 0. The lowest BCUT2D eigenvalue weighted by Gasteiger charge is -2.04. The van der Waals surface area contributed by atoms with Crippen LogP contribution in [0.4, 0.5) is 0 Å². The van der Waals surface area contributed by atoms with Crippen LogP contribution in [-0.2, 0) is 25.9 Å². The second-order valence-electron chi connectivity index (χ2n) is 12.4. The van der Waals surface area contributed by atoms with Crippen LogP contribution in [0.1, 0.15) is 153 Å². The molecule has 0 spiro atoms. The van der Waals surface area contributed by atoms with Gasteiger partial charge in [-0.1, -0.05) is 138 Å². The fraction of sp³-hybridized carbons (Fsp3) is 0.737. The maximum Gasteiger partial charge on any atom is 0.169 e. The summed E-state index contributed by atoms with van der Waals surface area (Å²) in [6.07, 6.45) is 39.6. The molecular weight excluding hydrogens is 708 g/mol. The molecule has 0 radical (unpaired) electrons. The Labute approximate surface area is 302 Å². The average molecular weight is 775 g/mol. The van der Waals surface area contributed by atoms with Crippen LogP contribution in [0, 0.1) is 0 Å². The van der Waals surface area contributed by atoms with Crippen molar-refractivity contribution in [2.24, 2.45) is 0 Å². The van der Waals surface area contributed by atoms with E-state index < -0.39 is 0 Å². The summed E-state index contributed by atoms with van der Waals surface area (Å²) in [7, 11) is 4.06. The highest BCUT2D eigenvalue weighted by atomic mass is 79.9. The van der Waals surface area contributed by atoms with Gasteiger partial charge in [0.2, 0.25) is 0 Å². The van der Waals surface area contributed by atoms with Crippen molar-refractivity contribution in [2.75, 3.05) is 11.5 Å². The fourth-order valence-electron chi connectivity index (χ4n) is 5.61. The van der Waals surface area contributed by atoms with Gasteiger partial charge in [0.15, 0.2) is 24.8 Å². The third-order valence-corrected chi connectivity index (χ3v) is 10.9. The number of aryl methyl sites for hydroxylation is 4. The predicted octanol–water partition coefficient (Wildman–Crippen LogP) is 5.28. The van der Waals surface area contributed by atoms with Gasteiger partial charge in [0.25, 0.3) is 0 Å². The SMILES string of the molecule is CCCCCCCCCCCC[n+]1ccc(CCSSCCc2cc[n+](CCCCCCCCCCCC)cc2)cc1.[Br-].[Br-]. The van der Waals surface area contributed by atoms with Crippen molar-refractivity contribution in [1.29, 1.82) is 0 Å². The van der Waals surface area contributed by atoms with Crippen LogP contribution in [-0.4, -0.2) is 11.5 Å². The molecule has 0 fully saturated rings. The molecule has 0 aliphatic rings. The average Bonchev–Trinajstić information content (AvgIpc) is 3.02. The molecule has 2 nitrogen and oxygen atoms in total. The van der Waals surface area contributed by atoms with Crippen molar-refractivity contribution in [3.05, 3.63) is 60.2 Å². The lowest BCUT2D eigenvalue weighted by molar-refractivity contribution is -0.697. The molecule has 0 saturated heterocycles. The number of hydrogen-bond acceptors (Lipinski definition) is 2. The van der Waals surface area contributed by atoms with Crippen molar-refractivity contribution in [1.82, 2.24) is 0 Å². The van der Waals surface area contributed by atoms with Gasteiger partial charge in [-0.15, -0.1) is 0 Å². The zero-order chi connectivity index (χ0) is 29.8. The monoisotopic (exact) mass is 772 g/mol. The summed E-state index contributed by atoms with van der Waals surface area (Å²) in [6, 6.07) is 9.32. The zero-order valence-electron chi connectivity index (χ0n) is 28.5. The van der Waals surface area contributed by atoms with E-state index >= 15 is 0 Å². The lowest BCUT2D eigenvalue weighted by atomic mass is 10.1. The third kappa shape index (κ3) is 25.1. The Morgan fingerprint density at radius 2 is 0.682 bits per heavy atom. The van der Waals surface area contributed by atoms with Crippen molar-refractivity contribution in [3.8, 4) is 0 Å². The lowest BCUT2D eigenvalue weighted by Crippen LogP contribution is -3.00. The molecule has 0 amide bonds. The topological polar surface area (TPSA) is 7.76 Å². The fourth-order valence-corrected chi connectivity index (χ4v) is 7.69. The summed E-state index contributed by atoms with van der Waals surface area (Å²) in [5.41, 5.74) is 2.94. The molecule has 0 saturated carbocycles. The first-order chi connectivity index (χ1) is 20.8. The smallest absolute Gasteiger partial charge is 0.169 e. The Balaban J connectivity index is 0.00000924. The summed E-state index contributed by atoms with van der Waals surface area (Å²) < 4.78 is 4.74. The summed E-state index contributed by atoms with van der Waals surface area (Å²) in [6.45, 7) is 6.93. The van der Waals surface area contributed by atoms with E-state index in [4.69, 9.17) is 0 Å². The van der Waals surface area contributed by atoms with Crippen molar-refractivity contribution in [2.45, 2.75) is 168 Å². The molecule has 0 aromatic carbocycles. The van der Waals surface area contributed by atoms with Crippen LogP contribution in [0.3, 0.4) is 0 Å². The number of nitrogens with zero attached hydrogens (tertiary/aromatic N) is 2. The molecule has 0 N–H and O–H groups in total. The molecule has 0 atom stereocenters. The van der Waals surface area contributed by atoms with Gasteiger partial charge >= 0.3 is 0 Å². The molecule has 6 heteroatoms. The molecule has 2 aromatic heterocycles. The highest BCUT2D eigenvalue weighted by Gasteiger charge is 2.04. The van der Waals surface area contributed by atoms with Gasteiger partial charge in [0, 0.05) is 48.6 Å². The molecule has 2 rings (SSSR count). The molecule has 2 heterocycles. The van der Waals surface area contributed by atoms with Crippen molar-refractivity contribution >= 4 is 21.6 Å². The second-order valence-corrected chi connectivity index (χ2v) is 15.1. The first-order valence-electron chi connectivity index (χ1n) is 18.0. The Morgan fingerprint density at radius 3 is 0.977 bits per heavy atom. The van der Waals surface area contributed by atoms with Gasteiger partial charge in [-0.2, -0.15) is 0 Å². The minimum atomic E-state index is 0. The van der Waals surface area contributed by atoms with E-state index in [0.717, 1.165) is 0 Å². The van der Waals surface area contributed by atoms with Gasteiger partial charge < -0.3 is 34.0 Å². The Morgan fingerprint density at radius 1 is 0.409 bits per heavy atom. The summed E-state index contributed by atoms with van der Waals surface area (Å²) in [5, 5.41) is 0. The standard InChI is InChI=1S/C38H66N2S2.2BrH/c1-3-5-7-9-11-13-15-17-19-21-29-39-31-23-37(24-32-39)27-35-41-42-36-28-38-25-33-40(34-26-38)30-22-20-18-16-14-12-10-8-6-4-2;;/h23-26,31-34H,3-22,27-30,35-36H2,1-2H3;2*1H/q+2;;/p-2. The quantitative estimate of drug-likeness (QED) is 0.0633. The number of pyridine rings is 2. The van der Waals surface area contributed by atoms with Crippen LogP contribution in [0.5, 0.6) is 0 Å². The number of rotatable bonds is 29. The predicted molar refractivity (Wildman–Crippen MR) is 189 cm³/mol. The third-order valence-electron chi connectivity index (χ3n) is 8.49. The van der Waals surface area contributed by atoms with E-state index in [9.17, 15) is 0 Å². The van der Waals surface area contributed by atoms with E-state index in [1.165, 1.54) is 177 Å². The zero-order valence-corrected chi connectivity index (χ0v) is 33.3. The maximum absolute atomic E-state index is 2.37. The van der Waals surface area contributed by atoms with Gasteiger partial charge in [-0.05, 0) is 36.8 Å². The van der Waals surface area contributed by atoms with E-state index in [1.807, 2.05) is 21.6 Å². The molecule has 0 aliphatic carbocycles. The van der Waals surface area contributed by atoms with E-state index in [1.54, 1.807) is 0 Å². The number of aromatic nitrogens is 2. The van der Waals surface area contributed by atoms with Gasteiger partial charge in [0.1, 0.15) is 13.1 Å². The summed E-state index contributed by atoms with van der Waals surface area (Å²) in [5.74, 6) is 2.39. The number of unbranched alkanes of at least 4 members (excludes halogenated alkanes) is 18. The second kappa shape index (κ2) is 32.9. The first-order valence-corrected chi connectivity index (χ1v) is 20.5. The largest absolute Gasteiger partial charge is 1.00 e. The van der Waals surface area contributed by atoms with Crippen LogP contribution < -0.4 is 43.1 Å². The minimum Gasteiger partial charge on any atom is -1.00 e. The van der Waals surface area contributed by atoms with Gasteiger partial charge in [-0.25, -0.2) is 9.13 Å². The molecule has 0 unspecified atom stereocenters. The van der Waals surface area contributed by atoms with Crippen LogP contribution in [0.2, 0.25) is 0 Å². The highest BCUT2D eigenvalue weighted by molar-refractivity contribution is 8.76. The number of hydrogen-bond donors (Lipinski definition) is 0. The van der Waals surface area contributed by atoms with Gasteiger partial charge in [-0.3, -0.25) is 0 Å². The van der Waals surface area contributed by atoms with E-state index in [-0.39, 0.29) is 34.0 Å². The van der Waals surface area contributed by atoms with E-state index in [0.29, 0.717) is 0 Å². The van der Waals surface area contributed by atoms with Crippen LogP contribution >= 0.6 is 21.6 Å². The molecule has 254 valence electrons. The number of halogens is 2. The molecular formula is C38H66Br2N2S2. The van der Waals surface area contributed by atoms with Crippen molar-refractivity contribution in [3.63, 3.8) is 0 Å². The van der Waals surface area contributed by atoms with Crippen LogP contribution in [0.15, 0.2) is 49.1 Å². The van der Waals surface area contributed by atoms with Crippen LogP contribution in [0.25, 0.3) is 0 Å². The Hall–Kier alpha value is -0.0400. The molecule has 0 bridgehead atoms. The van der Waals surface area contributed by atoms with Gasteiger partial charge in [0.05, 0.1) is 0 Å². The Kier molecular flexibility index (Phi) is 32.9. The summed E-state index contributed by atoms with van der Waals surface area (Å²) >= 11 is 0. The minimum absolute atomic E-state index is 0. The molecule has 44 heavy (non-hydrogen) atoms.